The van der Waals surface area contributed by atoms with Crippen LogP contribution in [0.2, 0.25) is 0 Å². The molecule has 1 fully saturated rings. The number of hydrogen-bond acceptors (Lipinski definition) is 7. The van der Waals surface area contributed by atoms with Gasteiger partial charge in [0.05, 0.1) is 12.1 Å². The molecule has 0 saturated carbocycles. The number of piperazine rings is 1. The summed E-state index contributed by atoms with van der Waals surface area (Å²) >= 11 is 0. The number of amides is 2. The summed E-state index contributed by atoms with van der Waals surface area (Å²) in [6, 6.07) is 28.9. The Labute approximate surface area is 288 Å². The molecule has 4 atom stereocenters. The number of aromatic nitrogens is 1. The van der Waals surface area contributed by atoms with E-state index in [9.17, 15) is 9.59 Å². The van der Waals surface area contributed by atoms with Crippen LogP contribution < -0.4 is 16.8 Å². The number of carbonyl (C=O) groups excluding carboxylic acids is 2. The molecule has 2 heterocycles. The van der Waals surface area contributed by atoms with E-state index in [1.54, 1.807) is 6.07 Å². The SMILES string of the molecule is CC(C)C[C@@H]1CN(C(=O)C(N)Cc2ccc3ccccc3c2)[C@@H](CCCNc2ccon2)CN1C(=O)C(N)Cc1ccc2ccccc2c1. The van der Waals surface area contributed by atoms with Crippen LogP contribution in [0, 0.1) is 5.92 Å². The molecule has 2 amide bonds. The summed E-state index contributed by atoms with van der Waals surface area (Å²) in [6.45, 7) is 5.80. The average molecular weight is 661 g/mol. The molecule has 49 heavy (non-hydrogen) atoms. The quantitative estimate of drug-likeness (QED) is 0.137. The van der Waals surface area contributed by atoms with Gasteiger partial charge in [-0.2, -0.15) is 0 Å². The maximum Gasteiger partial charge on any atom is 0.240 e. The fourth-order valence-electron chi connectivity index (χ4n) is 7.18. The number of nitrogens with one attached hydrogen (secondary N) is 1. The third-order valence-corrected chi connectivity index (χ3v) is 9.64. The van der Waals surface area contributed by atoms with Crippen molar-refractivity contribution in [1.82, 2.24) is 15.0 Å². The van der Waals surface area contributed by atoms with Gasteiger partial charge in [-0.15, -0.1) is 0 Å². The highest BCUT2D eigenvalue weighted by molar-refractivity contribution is 5.87. The summed E-state index contributed by atoms with van der Waals surface area (Å²) in [5, 5.41) is 11.8. The summed E-state index contributed by atoms with van der Waals surface area (Å²) < 4.78 is 4.94. The third-order valence-electron chi connectivity index (χ3n) is 9.64. The molecule has 9 heteroatoms. The number of fused-ring (bicyclic) bond motifs is 2. The molecule has 6 rings (SSSR count). The van der Waals surface area contributed by atoms with Crippen LogP contribution in [-0.2, 0) is 22.4 Å². The van der Waals surface area contributed by atoms with Crippen LogP contribution in [0.25, 0.3) is 21.5 Å². The highest BCUT2D eigenvalue weighted by Gasteiger charge is 2.40. The lowest BCUT2D eigenvalue weighted by atomic mass is 9.93. The molecular weight excluding hydrogens is 612 g/mol. The second kappa shape index (κ2) is 15.7. The molecule has 256 valence electrons. The Balaban J connectivity index is 1.20. The van der Waals surface area contributed by atoms with Gasteiger partial charge in [-0.3, -0.25) is 9.59 Å². The van der Waals surface area contributed by atoms with Gasteiger partial charge in [-0.05, 0) is 70.7 Å². The van der Waals surface area contributed by atoms with Crippen molar-refractivity contribution in [2.75, 3.05) is 25.0 Å². The zero-order valence-corrected chi connectivity index (χ0v) is 28.5. The van der Waals surface area contributed by atoms with Crippen molar-refractivity contribution >= 4 is 39.2 Å². The van der Waals surface area contributed by atoms with Gasteiger partial charge in [0.15, 0.2) is 5.82 Å². The van der Waals surface area contributed by atoms with E-state index >= 15 is 0 Å². The van der Waals surface area contributed by atoms with Crippen LogP contribution >= 0.6 is 0 Å². The lowest BCUT2D eigenvalue weighted by molar-refractivity contribution is -0.149. The second-order valence-corrected chi connectivity index (χ2v) is 13.9. The molecule has 1 aromatic heterocycles. The number of nitrogens with zero attached hydrogens (tertiary/aromatic N) is 3. The Bertz CT molecular complexity index is 1860. The molecule has 1 aliphatic rings. The summed E-state index contributed by atoms with van der Waals surface area (Å²) in [5.74, 6) is 0.840. The zero-order valence-electron chi connectivity index (χ0n) is 28.5. The van der Waals surface area contributed by atoms with Crippen LogP contribution in [0.5, 0.6) is 0 Å². The minimum atomic E-state index is -0.700. The molecule has 0 bridgehead atoms. The minimum absolute atomic E-state index is 0.0721. The number of anilines is 1. The first-order chi connectivity index (χ1) is 23.7. The highest BCUT2D eigenvalue weighted by atomic mass is 16.5. The van der Waals surface area contributed by atoms with Gasteiger partial charge < -0.3 is 31.1 Å². The number of nitrogens with two attached hydrogens (primary N) is 2. The van der Waals surface area contributed by atoms with Crippen molar-refractivity contribution in [3.05, 3.63) is 108 Å². The van der Waals surface area contributed by atoms with Gasteiger partial charge in [0.2, 0.25) is 11.8 Å². The fraction of sp³-hybridized carbons (Fsp3) is 0.375. The Morgan fingerprint density at radius 1 is 0.776 bits per heavy atom. The monoisotopic (exact) mass is 660 g/mol. The van der Waals surface area contributed by atoms with Gasteiger partial charge in [-0.25, -0.2) is 0 Å². The third kappa shape index (κ3) is 8.47. The minimum Gasteiger partial charge on any atom is -0.367 e. The predicted molar refractivity (Wildman–Crippen MR) is 196 cm³/mol. The van der Waals surface area contributed by atoms with Gasteiger partial charge in [-0.1, -0.05) is 104 Å². The molecule has 0 radical (unpaired) electrons. The van der Waals surface area contributed by atoms with E-state index in [-0.39, 0.29) is 23.9 Å². The van der Waals surface area contributed by atoms with Gasteiger partial charge in [0.25, 0.3) is 0 Å². The van der Waals surface area contributed by atoms with Crippen molar-refractivity contribution in [2.24, 2.45) is 17.4 Å². The fourth-order valence-corrected chi connectivity index (χ4v) is 7.18. The van der Waals surface area contributed by atoms with Crippen molar-refractivity contribution in [3.63, 3.8) is 0 Å². The maximum absolute atomic E-state index is 14.2. The molecule has 5 N–H and O–H groups in total. The molecule has 0 aliphatic carbocycles. The van der Waals surface area contributed by atoms with Gasteiger partial charge in [0, 0.05) is 37.8 Å². The van der Waals surface area contributed by atoms with E-state index in [0.717, 1.165) is 45.5 Å². The van der Waals surface area contributed by atoms with E-state index < -0.39 is 12.1 Å². The lowest BCUT2D eigenvalue weighted by Gasteiger charge is -2.48. The summed E-state index contributed by atoms with van der Waals surface area (Å²) in [4.78, 5) is 32.3. The van der Waals surface area contributed by atoms with Crippen molar-refractivity contribution in [1.29, 1.82) is 0 Å². The van der Waals surface area contributed by atoms with Crippen LogP contribution in [0.4, 0.5) is 5.82 Å². The molecule has 1 saturated heterocycles. The highest BCUT2D eigenvalue weighted by Crippen LogP contribution is 2.26. The van der Waals surface area contributed by atoms with Crippen LogP contribution in [0.3, 0.4) is 0 Å². The standard InChI is InChI=1S/C40H48N6O3/c1-27(2)20-35-26-45(39(47)36(41)23-28-13-15-30-8-3-5-10-32(30)21-28)34(12-7-18-43-38-17-19-49-44-38)25-46(35)40(48)37(42)24-29-14-16-31-9-4-6-11-33(31)22-29/h3-6,8-11,13-17,19,21-22,27,34-37H,7,12,18,20,23-26,41-42H2,1-2H3,(H,43,44)/t34-,35+,36?,37?/m0/s1. The van der Waals surface area contributed by atoms with Gasteiger partial charge >= 0.3 is 0 Å². The Kier molecular flexibility index (Phi) is 10.9. The molecule has 0 spiro atoms. The Morgan fingerprint density at radius 3 is 1.84 bits per heavy atom. The van der Waals surface area contributed by atoms with Crippen LogP contribution in [0.15, 0.2) is 102 Å². The number of carbonyl (C=O) groups is 2. The largest absolute Gasteiger partial charge is 0.367 e. The Hall–Kier alpha value is -4.73. The van der Waals surface area contributed by atoms with Crippen LogP contribution in [0.1, 0.15) is 44.2 Å². The first kappa shape index (κ1) is 34.1. The molecule has 2 unspecified atom stereocenters. The van der Waals surface area contributed by atoms with E-state index in [2.05, 4.69) is 85.0 Å². The number of benzene rings is 4. The van der Waals surface area contributed by atoms with Gasteiger partial charge in [0.1, 0.15) is 6.26 Å². The normalized spacial score (nSPS) is 17.8. The van der Waals surface area contributed by atoms with E-state index in [4.69, 9.17) is 16.0 Å². The zero-order chi connectivity index (χ0) is 34.3. The lowest BCUT2D eigenvalue weighted by Crippen LogP contribution is -2.65. The second-order valence-electron chi connectivity index (χ2n) is 13.9. The molecule has 1 aliphatic heterocycles. The molecule has 5 aromatic rings. The number of rotatable bonds is 13. The average Bonchev–Trinajstić information content (AvgIpc) is 3.63. The summed E-state index contributed by atoms with van der Waals surface area (Å²) in [6.07, 6.45) is 4.63. The first-order valence-corrected chi connectivity index (χ1v) is 17.5. The smallest absolute Gasteiger partial charge is 0.240 e. The molecular formula is C40H48N6O3. The topological polar surface area (TPSA) is 131 Å². The van der Waals surface area contributed by atoms with Crippen LogP contribution in [-0.4, -0.2) is 70.6 Å². The first-order valence-electron chi connectivity index (χ1n) is 17.5. The number of hydrogen-bond donors (Lipinski definition) is 3. The summed E-state index contributed by atoms with van der Waals surface area (Å²) in [5.41, 5.74) is 15.4. The maximum atomic E-state index is 14.2. The van der Waals surface area contributed by atoms with E-state index in [0.29, 0.717) is 50.6 Å². The Morgan fingerprint density at radius 2 is 1.31 bits per heavy atom. The van der Waals surface area contributed by atoms with Crippen molar-refractivity contribution in [3.8, 4) is 0 Å². The predicted octanol–water partition coefficient (Wildman–Crippen LogP) is 5.77. The van der Waals surface area contributed by atoms with Crippen molar-refractivity contribution < 1.29 is 14.1 Å². The summed E-state index contributed by atoms with van der Waals surface area (Å²) in [7, 11) is 0. The van der Waals surface area contributed by atoms with E-state index in [1.165, 1.54) is 6.26 Å². The molecule has 9 nitrogen and oxygen atoms in total. The van der Waals surface area contributed by atoms with E-state index in [1.807, 2.05) is 34.1 Å². The molecule has 4 aromatic carbocycles. The van der Waals surface area contributed by atoms with Crippen molar-refractivity contribution in [2.45, 2.75) is 70.1 Å².